The predicted molar refractivity (Wildman–Crippen MR) is 95.0 cm³/mol. The molecule has 0 spiro atoms. The maximum absolute atomic E-state index is 3.66. The quantitative estimate of drug-likeness (QED) is 0.632. The molecule has 20 heavy (non-hydrogen) atoms. The molecule has 0 bridgehead atoms. The average molecular weight is 370 g/mol. The van der Waals surface area contributed by atoms with Gasteiger partial charge in [0.05, 0.1) is 0 Å². The van der Waals surface area contributed by atoms with Crippen LogP contribution in [0.4, 0.5) is 0 Å². The van der Waals surface area contributed by atoms with Gasteiger partial charge in [0.2, 0.25) is 0 Å². The lowest BCUT2D eigenvalue weighted by Gasteiger charge is -2.17. The third-order valence-corrected chi connectivity index (χ3v) is 5.54. The summed E-state index contributed by atoms with van der Waals surface area (Å²) in [5.41, 5.74) is 1.42. The number of nitrogens with one attached hydrogen (secondary N) is 1. The normalized spacial score (nSPS) is 12.6. The molecule has 0 amide bonds. The van der Waals surface area contributed by atoms with Gasteiger partial charge in [-0.1, -0.05) is 22.9 Å². The Morgan fingerprint density at radius 2 is 2.05 bits per heavy atom. The van der Waals surface area contributed by atoms with Gasteiger partial charge in [0.1, 0.15) is 0 Å². The van der Waals surface area contributed by atoms with Crippen LogP contribution < -0.4 is 5.32 Å². The molecular formula is C16H20BrNS2. The highest BCUT2D eigenvalue weighted by Crippen LogP contribution is 2.28. The molecule has 2 rings (SSSR count). The predicted octanol–water partition coefficient (Wildman–Crippen LogP) is 5.65. The van der Waals surface area contributed by atoms with Crippen molar-refractivity contribution >= 4 is 39.0 Å². The molecule has 1 aromatic carbocycles. The Bertz CT molecular complexity index is 522. The summed E-state index contributed by atoms with van der Waals surface area (Å²) in [7, 11) is 0. The van der Waals surface area contributed by atoms with Crippen LogP contribution in [0.3, 0.4) is 0 Å². The third kappa shape index (κ3) is 4.92. The second kappa shape index (κ2) is 8.23. The standard InChI is InChI=1S/C16H20BrNS2/c1-3-8-18-16(13-9-12(2)19-10-13)11-20-15-6-4-14(17)5-7-15/h4-7,9-10,16,18H,3,8,11H2,1-2H3. The largest absolute Gasteiger partial charge is 0.309 e. The van der Waals surface area contributed by atoms with E-state index in [1.807, 2.05) is 23.1 Å². The molecule has 0 aliphatic carbocycles. The summed E-state index contributed by atoms with van der Waals surface area (Å²) in [4.78, 5) is 2.71. The molecule has 108 valence electrons. The van der Waals surface area contributed by atoms with Crippen molar-refractivity contribution in [2.75, 3.05) is 12.3 Å². The van der Waals surface area contributed by atoms with Gasteiger partial charge in [0.25, 0.3) is 0 Å². The zero-order valence-electron chi connectivity index (χ0n) is 11.9. The van der Waals surface area contributed by atoms with Gasteiger partial charge in [0.15, 0.2) is 0 Å². The number of halogens is 1. The topological polar surface area (TPSA) is 12.0 Å². The number of thiophene rings is 1. The lowest BCUT2D eigenvalue weighted by molar-refractivity contribution is 0.579. The number of rotatable bonds is 7. The van der Waals surface area contributed by atoms with E-state index in [0.717, 1.165) is 16.8 Å². The third-order valence-electron chi connectivity index (χ3n) is 3.02. The Labute approximate surface area is 138 Å². The van der Waals surface area contributed by atoms with Gasteiger partial charge >= 0.3 is 0 Å². The second-order valence-electron chi connectivity index (χ2n) is 4.76. The lowest BCUT2D eigenvalue weighted by Crippen LogP contribution is -2.23. The van der Waals surface area contributed by atoms with Crippen LogP contribution in [0.5, 0.6) is 0 Å². The van der Waals surface area contributed by atoms with Crippen molar-refractivity contribution in [2.24, 2.45) is 0 Å². The molecule has 1 unspecified atom stereocenters. The van der Waals surface area contributed by atoms with Gasteiger partial charge in [-0.05, 0) is 61.2 Å². The van der Waals surface area contributed by atoms with E-state index in [1.165, 1.54) is 21.8 Å². The van der Waals surface area contributed by atoms with E-state index in [1.54, 1.807) is 0 Å². The molecule has 1 atom stereocenters. The van der Waals surface area contributed by atoms with Crippen LogP contribution in [0, 0.1) is 6.92 Å². The van der Waals surface area contributed by atoms with Crippen molar-refractivity contribution in [1.29, 1.82) is 0 Å². The molecule has 1 N–H and O–H groups in total. The van der Waals surface area contributed by atoms with E-state index < -0.39 is 0 Å². The smallest absolute Gasteiger partial charge is 0.0423 e. The van der Waals surface area contributed by atoms with E-state index in [4.69, 9.17) is 0 Å². The van der Waals surface area contributed by atoms with Gasteiger partial charge in [-0.2, -0.15) is 0 Å². The molecule has 0 radical (unpaired) electrons. The van der Waals surface area contributed by atoms with Crippen molar-refractivity contribution in [2.45, 2.75) is 31.2 Å². The minimum absolute atomic E-state index is 0.438. The second-order valence-corrected chi connectivity index (χ2v) is 7.89. The fraction of sp³-hybridized carbons (Fsp3) is 0.375. The van der Waals surface area contributed by atoms with E-state index in [2.05, 4.69) is 70.8 Å². The molecule has 0 saturated carbocycles. The summed E-state index contributed by atoms with van der Waals surface area (Å²) >= 11 is 7.23. The molecule has 1 heterocycles. The van der Waals surface area contributed by atoms with Crippen LogP contribution in [0.15, 0.2) is 45.1 Å². The highest BCUT2D eigenvalue weighted by atomic mass is 79.9. The summed E-state index contributed by atoms with van der Waals surface area (Å²) in [5.74, 6) is 1.07. The number of benzene rings is 1. The van der Waals surface area contributed by atoms with Crippen molar-refractivity contribution in [3.63, 3.8) is 0 Å². The van der Waals surface area contributed by atoms with Crippen LogP contribution in [-0.4, -0.2) is 12.3 Å². The first-order valence-corrected chi connectivity index (χ1v) is 9.51. The van der Waals surface area contributed by atoms with Crippen LogP contribution in [0.2, 0.25) is 0 Å². The Morgan fingerprint density at radius 1 is 1.30 bits per heavy atom. The number of hydrogen-bond donors (Lipinski definition) is 1. The molecule has 0 fully saturated rings. The Balaban J connectivity index is 1.98. The van der Waals surface area contributed by atoms with Gasteiger partial charge in [-0.15, -0.1) is 23.1 Å². The van der Waals surface area contributed by atoms with Crippen LogP contribution >= 0.6 is 39.0 Å². The van der Waals surface area contributed by atoms with Crippen LogP contribution in [-0.2, 0) is 0 Å². The Kier molecular flexibility index (Phi) is 6.62. The maximum Gasteiger partial charge on any atom is 0.0423 e. The minimum Gasteiger partial charge on any atom is -0.309 e. The van der Waals surface area contributed by atoms with Crippen LogP contribution in [0.25, 0.3) is 0 Å². The maximum atomic E-state index is 3.66. The average Bonchev–Trinajstić information content (AvgIpc) is 2.87. The first kappa shape index (κ1) is 16.1. The van der Waals surface area contributed by atoms with Gasteiger partial charge < -0.3 is 5.32 Å². The zero-order valence-corrected chi connectivity index (χ0v) is 15.1. The zero-order chi connectivity index (χ0) is 14.4. The molecule has 0 saturated heterocycles. The lowest BCUT2D eigenvalue weighted by atomic mass is 10.1. The first-order chi connectivity index (χ1) is 9.69. The van der Waals surface area contributed by atoms with E-state index >= 15 is 0 Å². The fourth-order valence-corrected chi connectivity index (χ4v) is 3.97. The van der Waals surface area contributed by atoms with Crippen molar-refractivity contribution in [3.8, 4) is 0 Å². The highest BCUT2D eigenvalue weighted by Gasteiger charge is 2.12. The van der Waals surface area contributed by atoms with Crippen molar-refractivity contribution in [3.05, 3.63) is 50.6 Å². The summed E-state index contributed by atoms with van der Waals surface area (Å²) < 4.78 is 1.14. The molecular weight excluding hydrogens is 350 g/mol. The SMILES string of the molecule is CCCNC(CSc1ccc(Br)cc1)c1csc(C)c1. The molecule has 0 aliphatic rings. The van der Waals surface area contributed by atoms with E-state index in [9.17, 15) is 0 Å². The van der Waals surface area contributed by atoms with Gasteiger partial charge in [-0.3, -0.25) is 0 Å². The van der Waals surface area contributed by atoms with Crippen LogP contribution in [0.1, 0.15) is 29.8 Å². The monoisotopic (exact) mass is 369 g/mol. The van der Waals surface area contributed by atoms with Crippen molar-refractivity contribution in [1.82, 2.24) is 5.32 Å². The van der Waals surface area contributed by atoms with Gasteiger partial charge in [-0.25, -0.2) is 0 Å². The summed E-state index contributed by atoms with van der Waals surface area (Å²) in [6.07, 6.45) is 1.17. The van der Waals surface area contributed by atoms with Crippen molar-refractivity contribution < 1.29 is 0 Å². The fourth-order valence-electron chi connectivity index (χ4n) is 1.95. The number of hydrogen-bond acceptors (Lipinski definition) is 3. The minimum atomic E-state index is 0.438. The molecule has 1 nitrogen and oxygen atoms in total. The molecule has 0 aliphatic heterocycles. The summed E-state index contributed by atoms with van der Waals surface area (Å²) in [6, 6.07) is 11.3. The molecule has 4 heteroatoms. The van der Waals surface area contributed by atoms with Gasteiger partial charge in [0, 0.05) is 26.0 Å². The Morgan fingerprint density at radius 3 is 2.65 bits per heavy atom. The highest BCUT2D eigenvalue weighted by molar-refractivity contribution is 9.10. The first-order valence-electron chi connectivity index (χ1n) is 6.86. The number of thioether (sulfide) groups is 1. The summed E-state index contributed by atoms with van der Waals surface area (Å²) in [6.45, 7) is 5.46. The molecule has 2 aromatic rings. The van der Waals surface area contributed by atoms with E-state index in [0.29, 0.717) is 6.04 Å². The molecule has 1 aromatic heterocycles. The number of aryl methyl sites for hydroxylation is 1. The van der Waals surface area contributed by atoms with E-state index in [-0.39, 0.29) is 0 Å². The Hall–Kier alpha value is -0.290. The summed E-state index contributed by atoms with van der Waals surface area (Å²) in [5, 5.41) is 5.94.